The smallest absolute Gasteiger partial charge is 0.352 e. The Morgan fingerprint density at radius 1 is 1.45 bits per heavy atom. The molecule has 1 fully saturated rings. The van der Waals surface area contributed by atoms with Crippen molar-refractivity contribution < 1.29 is 24.3 Å². The van der Waals surface area contributed by atoms with Crippen LogP contribution in [-0.2, 0) is 14.4 Å². The lowest BCUT2D eigenvalue weighted by Gasteiger charge is -2.49. The van der Waals surface area contributed by atoms with Gasteiger partial charge in [0.2, 0.25) is 0 Å². The summed E-state index contributed by atoms with van der Waals surface area (Å²) in [7, 11) is 0. The number of aromatic nitrogens is 1. The number of carboxylic acids is 1. The van der Waals surface area contributed by atoms with Gasteiger partial charge in [0, 0.05) is 16.9 Å². The van der Waals surface area contributed by atoms with Crippen molar-refractivity contribution in [1.29, 1.82) is 0 Å². The molecule has 3 aliphatic rings. The number of aliphatic carboxylic acids is 1. The highest BCUT2D eigenvalue weighted by molar-refractivity contribution is 8.00. The van der Waals surface area contributed by atoms with E-state index in [1.165, 1.54) is 40.0 Å². The second-order valence-electron chi connectivity index (χ2n) is 6.73. The highest BCUT2D eigenvalue weighted by Crippen LogP contribution is 2.41. The molecule has 0 saturated carbocycles. The molecule has 3 aliphatic heterocycles. The molecule has 33 heavy (non-hydrogen) atoms. The highest BCUT2D eigenvalue weighted by Gasteiger charge is 2.54. The number of carbonyl (C=O) groups excluding carboxylic acids is 3. The van der Waals surface area contributed by atoms with Gasteiger partial charge >= 0.3 is 5.97 Å². The van der Waals surface area contributed by atoms with Crippen LogP contribution in [0.3, 0.4) is 0 Å². The number of hydrazone groups is 1. The Kier molecular flexibility index (Phi) is 6.47. The van der Waals surface area contributed by atoms with E-state index in [4.69, 9.17) is 12.2 Å². The summed E-state index contributed by atoms with van der Waals surface area (Å²) in [5.41, 5.74) is 8.64. The number of nitrogens with zero attached hydrogens (tertiary/aromatic N) is 5. The molecule has 2 atom stereocenters. The number of terminal acetylenes is 1. The zero-order valence-corrected chi connectivity index (χ0v) is 19.1. The van der Waals surface area contributed by atoms with E-state index >= 15 is 0 Å². The number of hydrazine groups is 2. The van der Waals surface area contributed by atoms with Gasteiger partial charge in [0.05, 0.1) is 6.54 Å². The predicted octanol–water partition coefficient (Wildman–Crippen LogP) is -1.09. The number of carboxylic acid groups (broad SMARTS) is 1. The lowest BCUT2D eigenvalue weighted by Crippen LogP contribution is -2.71. The summed E-state index contributed by atoms with van der Waals surface area (Å²) in [5, 5.41) is 18.6. The summed E-state index contributed by atoms with van der Waals surface area (Å²) in [6.07, 6.45) is 6.75. The molecular formula is C17H16N8O5S3. The monoisotopic (exact) mass is 508 g/mol. The van der Waals surface area contributed by atoms with Gasteiger partial charge in [-0.1, -0.05) is 5.92 Å². The highest BCUT2D eigenvalue weighted by atomic mass is 32.2. The molecule has 4 rings (SSSR count). The van der Waals surface area contributed by atoms with E-state index in [-0.39, 0.29) is 22.3 Å². The maximum atomic E-state index is 12.7. The average molecular weight is 509 g/mol. The number of nitrogens with two attached hydrogens (primary N) is 1. The van der Waals surface area contributed by atoms with Crippen LogP contribution < -0.4 is 16.6 Å². The van der Waals surface area contributed by atoms with Crippen molar-refractivity contribution in [2.24, 2.45) is 5.10 Å². The molecule has 2 amide bonds. The summed E-state index contributed by atoms with van der Waals surface area (Å²) in [6.45, 7) is 0.301. The van der Waals surface area contributed by atoms with Crippen molar-refractivity contribution in [2.75, 3.05) is 23.8 Å². The Bertz CT molecular complexity index is 1130. The third kappa shape index (κ3) is 4.48. The van der Waals surface area contributed by atoms with E-state index in [0.29, 0.717) is 17.9 Å². The molecule has 0 radical (unpaired) electrons. The standard InChI is InChI=1S/C17H16N8O5S3/c1-2-3-23-7-19-25(22-23)33-5-8-4-31-15-10(14(28)24(15)11(8)16(29)30)21-13(27)12(26)9-6-32-17(18)20-9/h1,6-7,10,15,22H,3-5H2,(H2,18,20)(H,21,27)(H,29,30)/t10?,15-/m0/s1. The number of thioether (sulfide) groups is 1. The number of fused-ring (bicyclic) bond motifs is 1. The lowest BCUT2D eigenvalue weighted by molar-refractivity contribution is -0.150. The van der Waals surface area contributed by atoms with Crippen LogP contribution in [0.5, 0.6) is 0 Å². The van der Waals surface area contributed by atoms with E-state index in [2.05, 4.69) is 26.9 Å². The fraction of sp³-hybridized carbons (Fsp3) is 0.294. The Balaban J connectivity index is 1.40. The molecule has 0 spiro atoms. The van der Waals surface area contributed by atoms with Crippen LogP contribution in [0.4, 0.5) is 5.13 Å². The normalized spacial score (nSPS) is 21.5. The number of rotatable bonds is 8. The first-order valence-corrected chi connectivity index (χ1v) is 12.1. The van der Waals surface area contributed by atoms with E-state index in [9.17, 15) is 24.3 Å². The van der Waals surface area contributed by atoms with Crippen molar-refractivity contribution in [3.8, 4) is 12.3 Å². The quantitative estimate of drug-likeness (QED) is 0.110. The summed E-state index contributed by atoms with van der Waals surface area (Å²) < 4.78 is 1.43. The molecule has 5 N–H and O–H groups in total. The summed E-state index contributed by atoms with van der Waals surface area (Å²) in [6, 6.07) is -1.02. The van der Waals surface area contributed by atoms with Crippen LogP contribution in [0.2, 0.25) is 0 Å². The summed E-state index contributed by atoms with van der Waals surface area (Å²) in [4.78, 5) is 54.0. The van der Waals surface area contributed by atoms with Crippen LogP contribution in [0.25, 0.3) is 0 Å². The molecule has 1 aromatic heterocycles. The molecule has 0 aliphatic carbocycles. The van der Waals surface area contributed by atoms with Crippen LogP contribution in [-0.4, -0.2) is 83.9 Å². The topological polar surface area (TPSA) is 174 Å². The van der Waals surface area contributed by atoms with Crippen LogP contribution >= 0.6 is 35.0 Å². The molecule has 1 aromatic rings. The van der Waals surface area contributed by atoms with Gasteiger partial charge < -0.3 is 16.2 Å². The number of nitrogens with one attached hydrogen (secondary N) is 2. The number of β-lactam (4-membered cyclic amide) rings is 1. The average Bonchev–Trinajstić information content (AvgIpc) is 3.43. The molecule has 4 heterocycles. The van der Waals surface area contributed by atoms with E-state index in [1.54, 1.807) is 5.01 Å². The Morgan fingerprint density at radius 2 is 2.24 bits per heavy atom. The van der Waals surface area contributed by atoms with Gasteiger partial charge in [-0.3, -0.25) is 24.3 Å². The van der Waals surface area contributed by atoms with Gasteiger partial charge in [0.15, 0.2) is 5.13 Å². The van der Waals surface area contributed by atoms with Crippen molar-refractivity contribution in [2.45, 2.75) is 11.4 Å². The van der Waals surface area contributed by atoms with Gasteiger partial charge in [-0.25, -0.2) is 9.78 Å². The molecule has 13 nitrogen and oxygen atoms in total. The first-order valence-electron chi connectivity index (χ1n) is 9.20. The number of anilines is 1. The molecule has 0 aromatic carbocycles. The third-order valence-electron chi connectivity index (χ3n) is 4.63. The van der Waals surface area contributed by atoms with Gasteiger partial charge in [0.1, 0.15) is 29.1 Å². The summed E-state index contributed by atoms with van der Waals surface area (Å²) >= 11 is 3.50. The number of ketones is 1. The number of hydrogen-bond donors (Lipinski definition) is 4. The SMILES string of the molecule is C#CCN1C=NN(SCC2=C(C(=O)O)N3C(=O)C(NC(=O)C(=O)c4csc(N)n4)[C@@H]3SC2)N1. The van der Waals surface area contributed by atoms with Gasteiger partial charge in [0.25, 0.3) is 17.6 Å². The second kappa shape index (κ2) is 9.31. The fourth-order valence-electron chi connectivity index (χ4n) is 3.16. The zero-order chi connectivity index (χ0) is 23.7. The minimum absolute atomic E-state index is 0.112. The summed E-state index contributed by atoms with van der Waals surface area (Å²) in [5.74, 6) is -0.760. The van der Waals surface area contributed by atoms with Gasteiger partial charge in [-0.05, 0) is 17.5 Å². The number of thiazole rings is 1. The Labute approximate surface area is 199 Å². The number of Topliss-reactive ketones (excluding diaryl/α,β-unsaturated/α-hetero) is 1. The van der Waals surface area contributed by atoms with Crippen molar-refractivity contribution in [3.63, 3.8) is 0 Å². The minimum Gasteiger partial charge on any atom is -0.477 e. The van der Waals surface area contributed by atoms with Crippen molar-refractivity contribution in [1.82, 2.24) is 30.3 Å². The Morgan fingerprint density at radius 3 is 2.91 bits per heavy atom. The largest absolute Gasteiger partial charge is 0.477 e. The van der Waals surface area contributed by atoms with Crippen LogP contribution in [0.1, 0.15) is 10.5 Å². The number of nitrogen functional groups attached to an aromatic ring is 1. The number of hydrogen-bond acceptors (Lipinski definition) is 13. The molecule has 172 valence electrons. The lowest BCUT2D eigenvalue weighted by atomic mass is 10.0. The number of amides is 2. The maximum Gasteiger partial charge on any atom is 0.352 e. The fourth-order valence-corrected chi connectivity index (χ4v) is 5.96. The molecule has 1 unspecified atom stereocenters. The molecule has 1 saturated heterocycles. The van der Waals surface area contributed by atoms with Crippen molar-refractivity contribution in [3.05, 3.63) is 22.3 Å². The third-order valence-corrected chi connectivity index (χ3v) is 7.54. The van der Waals surface area contributed by atoms with Gasteiger partial charge in [-0.15, -0.1) is 44.7 Å². The first kappa shape index (κ1) is 22.9. The molecule has 16 heteroatoms. The maximum absolute atomic E-state index is 12.7. The van der Waals surface area contributed by atoms with E-state index in [0.717, 1.165) is 16.2 Å². The van der Waals surface area contributed by atoms with Crippen LogP contribution in [0.15, 0.2) is 21.8 Å². The van der Waals surface area contributed by atoms with Crippen LogP contribution in [0, 0.1) is 12.3 Å². The van der Waals surface area contributed by atoms with E-state index in [1.807, 2.05) is 0 Å². The predicted molar refractivity (Wildman–Crippen MR) is 122 cm³/mol. The minimum atomic E-state index is -1.25. The molecule has 0 bridgehead atoms. The first-order chi connectivity index (χ1) is 15.8. The van der Waals surface area contributed by atoms with Gasteiger partial charge in [-0.2, -0.15) is 0 Å². The van der Waals surface area contributed by atoms with Crippen molar-refractivity contribution >= 4 is 70.1 Å². The van der Waals surface area contributed by atoms with E-state index < -0.39 is 35.0 Å². The molecular weight excluding hydrogens is 492 g/mol. The Hall–Kier alpha value is -3.26. The second-order valence-corrected chi connectivity index (χ2v) is 9.62. The number of carbonyl (C=O) groups is 4. The zero-order valence-electron chi connectivity index (χ0n) is 16.6.